The van der Waals surface area contributed by atoms with Crippen LogP contribution in [0.1, 0.15) is 35.4 Å². The lowest BCUT2D eigenvalue weighted by molar-refractivity contribution is -0.137. The average molecular weight is 435 g/mol. The highest BCUT2D eigenvalue weighted by Crippen LogP contribution is 2.42. The van der Waals surface area contributed by atoms with Crippen LogP contribution in [0.3, 0.4) is 0 Å². The van der Waals surface area contributed by atoms with E-state index in [0.717, 1.165) is 36.3 Å². The van der Waals surface area contributed by atoms with E-state index in [-0.39, 0.29) is 29.6 Å². The van der Waals surface area contributed by atoms with Crippen LogP contribution in [0.15, 0.2) is 42.5 Å². The van der Waals surface area contributed by atoms with Gasteiger partial charge < -0.3 is 19.3 Å². The normalized spacial score (nSPS) is 22.4. The van der Waals surface area contributed by atoms with Crippen molar-refractivity contribution in [1.29, 1.82) is 0 Å². The fourth-order valence-electron chi connectivity index (χ4n) is 5.19. The second-order valence-electron chi connectivity index (χ2n) is 9.12. The van der Waals surface area contributed by atoms with E-state index in [2.05, 4.69) is 18.2 Å². The number of hydrogen-bond acceptors (Lipinski definition) is 4. The maximum Gasteiger partial charge on any atom is 0.228 e. The van der Waals surface area contributed by atoms with Gasteiger partial charge in [0.1, 0.15) is 11.5 Å². The largest absolute Gasteiger partial charge is 0.497 e. The molecule has 168 valence electrons. The molecule has 2 aromatic rings. The molecule has 1 aliphatic carbocycles. The predicted molar refractivity (Wildman–Crippen MR) is 121 cm³/mol. The van der Waals surface area contributed by atoms with Crippen molar-refractivity contribution in [3.05, 3.63) is 59.2 Å². The van der Waals surface area contributed by atoms with Gasteiger partial charge in [0.15, 0.2) is 0 Å². The minimum Gasteiger partial charge on any atom is -0.497 e. The summed E-state index contributed by atoms with van der Waals surface area (Å²) in [4.78, 5) is 30.6. The predicted octanol–water partition coefficient (Wildman–Crippen LogP) is 3.24. The van der Waals surface area contributed by atoms with Crippen molar-refractivity contribution in [3.63, 3.8) is 0 Å². The average Bonchev–Trinajstić information content (AvgIpc) is 3.60. The zero-order valence-corrected chi connectivity index (χ0v) is 18.8. The summed E-state index contributed by atoms with van der Waals surface area (Å²) < 4.78 is 11.1. The monoisotopic (exact) mass is 434 g/mol. The number of methoxy groups -OCH3 is 2. The maximum absolute atomic E-state index is 13.8. The topological polar surface area (TPSA) is 59.1 Å². The van der Waals surface area contributed by atoms with E-state index in [9.17, 15) is 9.59 Å². The Labute approximate surface area is 189 Å². The van der Waals surface area contributed by atoms with Gasteiger partial charge in [-0.2, -0.15) is 0 Å². The molecule has 1 saturated heterocycles. The summed E-state index contributed by atoms with van der Waals surface area (Å²) in [5.41, 5.74) is 3.47. The van der Waals surface area contributed by atoms with Crippen molar-refractivity contribution in [2.24, 2.45) is 11.8 Å². The number of fused-ring (bicyclic) bond motifs is 1. The van der Waals surface area contributed by atoms with E-state index in [0.29, 0.717) is 26.2 Å². The Kier molecular flexibility index (Phi) is 5.53. The number of likely N-dealkylation sites (tertiary alicyclic amines) is 1. The van der Waals surface area contributed by atoms with Gasteiger partial charge in [0.25, 0.3) is 0 Å². The number of carbonyl (C=O) groups is 2. The molecule has 2 heterocycles. The van der Waals surface area contributed by atoms with Crippen LogP contribution in [0.4, 0.5) is 0 Å². The molecule has 2 aliphatic heterocycles. The summed E-state index contributed by atoms with van der Waals surface area (Å²) in [5, 5.41) is 0. The minimum atomic E-state index is -0.288. The number of rotatable bonds is 5. The zero-order valence-electron chi connectivity index (χ0n) is 18.8. The molecule has 32 heavy (non-hydrogen) atoms. The van der Waals surface area contributed by atoms with E-state index in [1.54, 1.807) is 14.2 Å². The van der Waals surface area contributed by atoms with E-state index in [1.807, 2.05) is 34.1 Å². The molecule has 2 aromatic carbocycles. The van der Waals surface area contributed by atoms with Gasteiger partial charge in [-0.1, -0.05) is 24.3 Å². The molecule has 0 unspecified atom stereocenters. The van der Waals surface area contributed by atoms with Gasteiger partial charge in [-0.15, -0.1) is 0 Å². The lowest BCUT2D eigenvalue weighted by Crippen LogP contribution is -2.42. The van der Waals surface area contributed by atoms with E-state index in [4.69, 9.17) is 9.47 Å². The molecule has 1 saturated carbocycles. The molecule has 0 N–H and O–H groups in total. The summed E-state index contributed by atoms with van der Waals surface area (Å²) in [6, 6.07) is 14.0. The highest BCUT2D eigenvalue weighted by atomic mass is 16.5. The third kappa shape index (κ3) is 3.83. The van der Waals surface area contributed by atoms with Crippen molar-refractivity contribution in [1.82, 2.24) is 9.80 Å². The van der Waals surface area contributed by atoms with E-state index < -0.39 is 0 Å². The minimum absolute atomic E-state index is 0.118. The summed E-state index contributed by atoms with van der Waals surface area (Å²) in [7, 11) is 3.28. The fraction of sp³-hybridized carbons (Fsp3) is 0.462. The van der Waals surface area contributed by atoms with Crippen LogP contribution >= 0.6 is 0 Å². The van der Waals surface area contributed by atoms with Gasteiger partial charge in [0, 0.05) is 43.6 Å². The molecule has 0 aromatic heterocycles. The van der Waals surface area contributed by atoms with Gasteiger partial charge in [-0.3, -0.25) is 9.59 Å². The molecule has 0 radical (unpaired) electrons. The van der Waals surface area contributed by atoms with Gasteiger partial charge in [-0.25, -0.2) is 0 Å². The number of hydrogen-bond donors (Lipinski definition) is 0. The molecule has 6 nitrogen and oxygen atoms in total. The number of nitrogens with zero attached hydrogens (tertiary/aromatic N) is 2. The van der Waals surface area contributed by atoms with Crippen LogP contribution in [-0.2, 0) is 22.6 Å². The van der Waals surface area contributed by atoms with Gasteiger partial charge in [-0.05, 0) is 48.6 Å². The molecule has 2 amide bonds. The Morgan fingerprint density at radius 3 is 2.41 bits per heavy atom. The standard InChI is InChI=1S/C26H30N2O4/c1-31-20-9-10-24(32-2)21(13-20)22-15-28(25(29)18-7-8-18)16-23(22)26(30)27-12-11-17-5-3-4-6-19(17)14-27/h3-6,9-10,13,18,22-23H,7-8,11-12,14-16H2,1-2H3/t22-,23+/m0/s1. The Bertz CT molecular complexity index is 1030. The van der Waals surface area contributed by atoms with Gasteiger partial charge in [0.05, 0.1) is 20.1 Å². The molecule has 6 heteroatoms. The Morgan fingerprint density at radius 2 is 1.69 bits per heavy atom. The fourth-order valence-corrected chi connectivity index (χ4v) is 5.19. The maximum atomic E-state index is 13.8. The van der Waals surface area contributed by atoms with Crippen molar-refractivity contribution < 1.29 is 19.1 Å². The summed E-state index contributed by atoms with van der Waals surface area (Å²) in [6.07, 6.45) is 2.79. The molecule has 3 aliphatic rings. The van der Waals surface area contributed by atoms with Crippen molar-refractivity contribution in [3.8, 4) is 11.5 Å². The van der Waals surface area contributed by atoms with Crippen LogP contribution in [0.25, 0.3) is 0 Å². The van der Waals surface area contributed by atoms with Crippen LogP contribution in [0, 0.1) is 11.8 Å². The van der Waals surface area contributed by atoms with Crippen LogP contribution in [0.5, 0.6) is 11.5 Å². The van der Waals surface area contributed by atoms with Crippen LogP contribution in [0.2, 0.25) is 0 Å². The van der Waals surface area contributed by atoms with Crippen molar-refractivity contribution >= 4 is 11.8 Å². The Balaban J connectivity index is 1.45. The summed E-state index contributed by atoms with van der Waals surface area (Å²) in [5.74, 6) is 1.51. The van der Waals surface area contributed by atoms with Crippen LogP contribution < -0.4 is 9.47 Å². The third-order valence-corrected chi connectivity index (χ3v) is 7.15. The molecule has 0 bridgehead atoms. The van der Waals surface area contributed by atoms with Gasteiger partial charge in [0.2, 0.25) is 11.8 Å². The number of benzene rings is 2. The molecular weight excluding hydrogens is 404 g/mol. The number of ether oxygens (including phenoxy) is 2. The third-order valence-electron chi connectivity index (χ3n) is 7.15. The number of amides is 2. The first-order valence-corrected chi connectivity index (χ1v) is 11.4. The SMILES string of the molecule is COc1ccc(OC)c([C@@H]2CN(C(=O)C3CC3)C[C@H]2C(=O)N2CCc3ccccc3C2)c1. The Hall–Kier alpha value is -3.02. The first-order valence-electron chi connectivity index (χ1n) is 11.4. The smallest absolute Gasteiger partial charge is 0.228 e. The van der Waals surface area contributed by atoms with Gasteiger partial charge >= 0.3 is 0 Å². The van der Waals surface area contributed by atoms with E-state index in [1.165, 1.54) is 11.1 Å². The second-order valence-corrected chi connectivity index (χ2v) is 9.12. The number of carbonyl (C=O) groups excluding carboxylic acids is 2. The molecule has 2 fully saturated rings. The van der Waals surface area contributed by atoms with Crippen molar-refractivity contribution in [2.75, 3.05) is 33.9 Å². The first kappa shape index (κ1) is 20.9. The highest BCUT2D eigenvalue weighted by Gasteiger charge is 2.46. The van der Waals surface area contributed by atoms with Crippen LogP contribution in [-0.4, -0.2) is 55.5 Å². The first-order chi connectivity index (χ1) is 15.6. The lowest BCUT2D eigenvalue weighted by Gasteiger charge is -2.32. The summed E-state index contributed by atoms with van der Waals surface area (Å²) >= 11 is 0. The Morgan fingerprint density at radius 1 is 0.906 bits per heavy atom. The van der Waals surface area contributed by atoms with E-state index >= 15 is 0 Å². The van der Waals surface area contributed by atoms with Crippen molar-refractivity contribution in [2.45, 2.75) is 31.7 Å². The lowest BCUT2D eigenvalue weighted by atomic mass is 9.86. The highest BCUT2D eigenvalue weighted by molar-refractivity contribution is 5.85. The molecule has 0 spiro atoms. The molecule has 5 rings (SSSR count). The zero-order chi connectivity index (χ0) is 22.2. The quantitative estimate of drug-likeness (QED) is 0.725. The summed E-state index contributed by atoms with van der Waals surface area (Å²) in [6.45, 7) is 2.35. The molecule has 2 atom stereocenters. The second kappa shape index (κ2) is 8.49. The molecular formula is C26H30N2O4.